The third-order valence-electron chi connectivity index (χ3n) is 5.02. The van der Waals surface area contributed by atoms with Crippen LogP contribution in [0.1, 0.15) is 12.5 Å². The Balaban J connectivity index is 1.40. The molecule has 10 nitrogen and oxygen atoms in total. The highest BCUT2D eigenvalue weighted by molar-refractivity contribution is 7.47. The number of anilines is 1. The number of aliphatic hydroxyl groups is 1. The van der Waals surface area contributed by atoms with Crippen LogP contribution in [0.2, 0.25) is 0 Å². The molecule has 3 aromatic rings. The van der Waals surface area contributed by atoms with E-state index in [2.05, 4.69) is 15.0 Å². The highest BCUT2D eigenvalue weighted by atomic mass is 31.2. The van der Waals surface area contributed by atoms with Crippen molar-refractivity contribution in [3.8, 4) is 5.75 Å². The molecule has 0 aliphatic heterocycles. The second-order valence-electron chi connectivity index (χ2n) is 6.81. The maximum atomic E-state index is 13.2. The Morgan fingerprint density at radius 3 is 2.97 bits per heavy atom. The van der Waals surface area contributed by atoms with Crippen molar-refractivity contribution in [1.29, 1.82) is 0 Å². The van der Waals surface area contributed by atoms with Gasteiger partial charge in [0.1, 0.15) is 17.1 Å². The molecule has 1 fully saturated rings. The number of nitrogen functional groups attached to an aromatic ring is 1. The van der Waals surface area contributed by atoms with Crippen molar-refractivity contribution in [3.63, 3.8) is 0 Å². The number of rotatable bonds is 7. The molecule has 0 spiro atoms. The largest absolute Gasteiger partial charge is 0.527 e. The summed E-state index contributed by atoms with van der Waals surface area (Å²) in [5, 5.41) is 9.80. The minimum atomic E-state index is -4.43. The first-order valence-corrected chi connectivity index (χ1v) is 10.3. The van der Waals surface area contributed by atoms with Crippen molar-refractivity contribution < 1.29 is 28.0 Å². The van der Waals surface area contributed by atoms with Gasteiger partial charge in [0.05, 0.1) is 19.1 Å². The van der Waals surface area contributed by atoms with Crippen LogP contribution in [0.5, 0.6) is 5.75 Å². The number of aliphatic hydroxyl groups excluding tert-OH is 1. The van der Waals surface area contributed by atoms with Crippen LogP contribution in [0.15, 0.2) is 36.8 Å². The van der Waals surface area contributed by atoms with Crippen molar-refractivity contribution >= 4 is 24.9 Å². The number of benzene rings is 1. The fourth-order valence-corrected chi connectivity index (χ4v) is 4.33. The van der Waals surface area contributed by atoms with Crippen LogP contribution in [0.3, 0.4) is 0 Å². The van der Waals surface area contributed by atoms with Gasteiger partial charge >= 0.3 is 7.82 Å². The van der Waals surface area contributed by atoms with E-state index in [0.29, 0.717) is 17.6 Å². The number of aromatic nitrogens is 4. The van der Waals surface area contributed by atoms with E-state index < -0.39 is 13.6 Å². The lowest BCUT2D eigenvalue weighted by Crippen LogP contribution is -2.42. The fourth-order valence-electron chi connectivity index (χ4n) is 3.52. The number of nitrogens with zero attached hydrogens (tertiary/aromatic N) is 4. The van der Waals surface area contributed by atoms with E-state index in [1.54, 1.807) is 6.33 Å². The average molecular weight is 423 g/mol. The predicted octanol–water partition coefficient (Wildman–Crippen LogP) is 1.91. The van der Waals surface area contributed by atoms with Gasteiger partial charge < -0.3 is 19.9 Å². The van der Waals surface area contributed by atoms with E-state index >= 15 is 0 Å². The summed E-state index contributed by atoms with van der Waals surface area (Å²) in [6.45, 7) is -0.256. The number of phosphoric ester groups is 1. The maximum absolute atomic E-state index is 13.2. The molecule has 0 bridgehead atoms. The van der Waals surface area contributed by atoms with Gasteiger partial charge in [0.15, 0.2) is 5.65 Å². The molecular weight excluding hydrogens is 404 g/mol. The van der Waals surface area contributed by atoms with Crippen LogP contribution in [0.25, 0.3) is 11.2 Å². The maximum Gasteiger partial charge on any atom is 0.527 e. The fraction of sp³-hybridized carbons (Fsp3) is 0.353. The van der Waals surface area contributed by atoms with E-state index in [4.69, 9.17) is 14.8 Å². The van der Waals surface area contributed by atoms with Crippen molar-refractivity contribution in [2.75, 3.05) is 18.9 Å². The Morgan fingerprint density at radius 1 is 1.38 bits per heavy atom. The van der Waals surface area contributed by atoms with Gasteiger partial charge in [-0.15, -0.1) is 0 Å². The summed E-state index contributed by atoms with van der Waals surface area (Å²) in [7, 11) is -4.43. The third-order valence-corrected chi connectivity index (χ3v) is 5.93. The summed E-state index contributed by atoms with van der Waals surface area (Å²) in [6.07, 6.45) is 3.70. The minimum Gasteiger partial charge on any atom is -0.404 e. The predicted molar refractivity (Wildman–Crippen MR) is 100 cm³/mol. The number of halogens is 1. The molecule has 1 saturated carbocycles. The van der Waals surface area contributed by atoms with E-state index in [1.165, 1.54) is 24.4 Å². The molecule has 29 heavy (non-hydrogen) atoms. The second-order valence-corrected chi connectivity index (χ2v) is 8.19. The van der Waals surface area contributed by atoms with Gasteiger partial charge in [0, 0.05) is 24.6 Å². The molecule has 2 heterocycles. The number of hydrogen-bond donors (Lipinski definition) is 3. The molecule has 1 aliphatic rings. The quantitative estimate of drug-likeness (QED) is 0.485. The summed E-state index contributed by atoms with van der Waals surface area (Å²) in [5.41, 5.74) is 6.79. The molecule has 2 aromatic heterocycles. The summed E-state index contributed by atoms with van der Waals surface area (Å²) < 4.78 is 37.1. The first kappa shape index (κ1) is 19.7. The standard InChI is InChI=1S/C17H19FN5O5P/c18-11-2-1-3-12(5-11)28-29(25,26)27-8-10-4-15(13(10)7-24)23-9-21-14-6-20-17(19)22-16(14)23/h1-3,5-6,9-10,13,15,24H,4,7-8H2,(H,25,26)(H2,19,20,22)/t10-,13+,15-/m1/s1. The summed E-state index contributed by atoms with van der Waals surface area (Å²) >= 11 is 0. The van der Waals surface area contributed by atoms with Gasteiger partial charge in [-0.3, -0.25) is 9.42 Å². The van der Waals surface area contributed by atoms with Gasteiger partial charge in [0.25, 0.3) is 0 Å². The molecule has 12 heteroatoms. The van der Waals surface area contributed by atoms with Crippen LogP contribution < -0.4 is 10.3 Å². The first-order chi connectivity index (χ1) is 13.9. The lowest BCUT2D eigenvalue weighted by atomic mass is 9.70. The molecular formula is C17H19FN5O5P. The van der Waals surface area contributed by atoms with Crippen LogP contribution in [0.4, 0.5) is 10.3 Å². The SMILES string of the molecule is Nc1ncc2ncn([C@@H]3C[C@H](COP(=O)(O)Oc4cccc(F)c4)[C@@H]3CO)c2n1. The molecule has 1 aromatic carbocycles. The smallest absolute Gasteiger partial charge is 0.404 e. The molecule has 0 amide bonds. The molecule has 4 rings (SSSR count). The zero-order chi connectivity index (χ0) is 20.6. The Bertz CT molecular complexity index is 1080. The third kappa shape index (κ3) is 4.08. The van der Waals surface area contributed by atoms with Crippen LogP contribution >= 0.6 is 7.82 Å². The second kappa shape index (κ2) is 7.68. The lowest BCUT2D eigenvalue weighted by molar-refractivity contribution is -0.00488. The van der Waals surface area contributed by atoms with Gasteiger partial charge in [-0.05, 0) is 24.5 Å². The molecule has 1 aliphatic carbocycles. The van der Waals surface area contributed by atoms with Gasteiger partial charge in [0.2, 0.25) is 5.95 Å². The van der Waals surface area contributed by atoms with Crippen molar-refractivity contribution in [1.82, 2.24) is 19.5 Å². The van der Waals surface area contributed by atoms with Gasteiger partial charge in [-0.1, -0.05) is 6.07 Å². The number of phosphoric acid groups is 1. The molecule has 0 radical (unpaired) electrons. The van der Waals surface area contributed by atoms with Crippen molar-refractivity contribution in [2.45, 2.75) is 12.5 Å². The van der Waals surface area contributed by atoms with Crippen molar-refractivity contribution in [3.05, 3.63) is 42.6 Å². The summed E-state index contributed by atoms with van der Waals surface area (Å²) in [4.78, 5) is 22.2. The average Bonchev–Trinajstić information content (AvgIpc) is 3.03. The zero-order valence-electron chi connectivity index (χ0n) is 15.1. The van der Waals surface area contributed by atoms with Crippen LogP contribution in [-0.4, -0.2) is 42.7 Å². The van der Waals surface area contributed by atoms with Gasteiger partial charge in [-0.2, -0.15) is 4.98 Å². The van der Waals surface area contributed by atoms with Crippen LogP contribution in [0, 0.1) is 17.7 Å². The summed E-state index contributed by atoms with van der Waals surface area (Å²) in [6, 6.07) is 4.77. The number of hydrogen-bond acceptors (Lipinski definition) is 8. The van der Waals surface area contributed by atoms with E-state index in [-0.39, 0.29) is 42.8 Å². The Kier molecular flexibility index (Phi) is 5.22. The molecule has 154 valence electrons. The van der Waals surface area contributed by atoms with E-state index in [0.717, 1.165) is 6.07 Å². The zero-order valence-corrected chi connectivity index (χ0v) is 16.0. The topological polar surface area (TPSA) is 146 Å². The monoisotopic (exact) mass is 423 g/mol. The highest BCUT2D eigenvalue weighted by Crippen LogP contribution is 2.49. The normalized spacial score (nSPS) is 23.5. The number of fused-ring (bicyclic) bond motifs is 1. The lowest BCUT2D eigenvalue weighted by Gasteiger charge is -2.44. The highest BCUT2D eigenvalue weighted by Gasteiger charge is 2.43. The minimum absolute atomic E-state index is 0.103. The Labute approximate surface area is 164 Å². The first-order valence-electron chi connectivity index (χ1n) is 8.84. The molecule has 4 N–H and O–H groups in total. The number of nitrogens with two attached hydrogens (primary N) is 1. The molecule has 0 saturated heterocycles. The van der Waals surface area contributed by atoms with Crippen molar-refractivity contribution in [2.24, 2.45) is 11.8 Å². The van der Waals surface area contributed by atoms with Gasteiger partial charge in [-0.25, -0.2) is 18.9 Å². The molecule has 4 atom stereocenters. The van der Waals surface area contributed by atoms with E-state index in [9.17, 15) is 19.0 Å². The molecule has 1 unspecified atom stereocenters. The van der Waals surface area contributed by atoms with E-state index in [1.807, 2.05) is 4.57 Å². The Morgan fingerprint density at radius 2 is 2.21 bits per heavy atom. The van der Waals surface area contributed by atoms with Crippen LogP contribution in [-0.2, 0) is 9.09 Å². The Hall–Kier alpha value is -2.59. The summed E-state index contributed by atoms with van der Waals surface area (Å²) in [5.74, 6) is -1.00. The number of imidazole rings is 1.